The lowest BCUT2D eigenvalue weighted by molar-refractivity contribution is 0.100. The van der Waals surface area contributed by atoms with Gasteiger partial charge in [-0.3, -0.25) is 0 Å². The van der Waals surface area contributed by atoms with Crippen LogP contribution in [0.4, 0.5) is 0 Å². The van der Waals surface area contributed by atoms with E-state index in [1.807, 2.05) is 6.92 Å². The van der Waals surface area contributed by atoms with Crippen LogP contribution in [0.25, 0.3) is 0 Å². The maximum Gasteiger partial charge on any atom is 0.0246 e. The molecule has 0 aromatic carbocycles. The molecule has 0 bridgehead atoms. The Hall–Kier alpha value is -0.480. The van der Waals surface area contributed by atoms with Gasteiger partial charge in [0.1, 0.15) is 0 Å². The highest BCUT2D eigenvalue weighted by Gasteiger charge is 2.36. The molecule has 2 atom stereocenters. The second-order valence-electron chi connectivity index (χ2n) is 5.64. The lowest BCUT2D eigenvalue weighted by atomic mass is 9.65. The summed E-state index contributed by atoms with van der Waals surface area (Å²) in [5.41, 5.74) is 0.487. The van der Waals surface area contributed by atoms with Gasteiger partial charge in [0.15, 0.2) is 0 Å². The van der Waals surface area contributed by atoms with Gasteiger partial charge in [-0.15, -0.1) is 11.8 Å². The summed E-state index contributed by atoms with van der Waals surface area (Å²) in [4.78, 5) is 0. The summed E-state index contributed by atoms with van der Waals surface area (Å²) in [5.74, 6) is 7.08. The Kier molecular flexibility index (Phi) is 5.35. The van der Waals surface area contributed by atoms with Gasteiger partial charge in [-0.05, 0) is 37.6 Å². The monoisotopic (exact) mass is 221 g/mol. The van der Waals surface area contributed by atoms with Crippen molar-refractivity contribution < 1.29 is 0 Å². The zero-order valence-corrected chi connectivity index (χ0v) is 11.4. The zero-order chi connectivity index (χ0) is 12.0. The van der Waals surface area contributed by atoms with Crippen LogP contribution in [0, 0.1) is 23.2 Å². The summed E-state index contributed by atoms with van der Waals surface area (Å²) in [6.07, 6.45) is 6.56. The van der Waals surface area contributed by atoms with Crippen molar-refractivity contribution in [3.05, 3.63) is 0 Å². The highest BCUT2D eigenvalue weighted by atomic mass is 14.9. The largest absolute Gasteiger partial charge is 0.313 e. The van der Waals surface area contributed by atoms with Crippen LogP contribution in [0.3, 0.4) is 0 Å². The van der Waals surface area contributed by atoms with Gasteiger partial charge in [0, 0.05) is 12.5 Å². The molecule has 0 aliphatic heterocycles. The Labute approximate surface area is 101 Å². The first-order chi connectivity index (χ1) is 7.61. The third-order valence-electron chi connectivity index (χ3n) is 4.04. The Morgan fingerprint density at radius 3 is 2.69 bits per heavy atom. The first-order valence-electron chi connectivity index (χ1n) is 6.74. The Balaban J connectivity index is 2.69. The molecule has 1 aliphatic carbocycles. The standard InChI is InChI=1S/C15H27N/c1-5-7-11-14(16-6-2)13-10-8-9-12-15(13,3)4/h13-14,16H,6,8-12H2,1-4H3. The van der Waals surface area contributed by atoms with Crippen LogP contribution in [0.5, 0.6) is 0 Å². The van der Waals surface area contributed by atoms with E-state index in [0.29, 0.717) is 11.5 Å². The topological polar surface area (TPSA) is 12.0 Å². The Morgan fingerprint density at radius 1 is 1.38 bits per heavy atom. The SMILES string of the molecule is CC#CCC(NCC)C1CCCCC1(C)C. The summed E-state index contributed by atoms with van der Waals surface area (Å²) in [6, 6.07) is 0.591. The van der Waals surface area contributed by atoms with Crippen LogP contribution < -0.4 is 5.32 Å². The Bertz CT molecular complexity index is 256. The fourth-order valence-electron chi connectivity index (χ4n) is 3.10. The molecular weight excluding hydrogens is 194 g/mol. The van der Waals surface area contributed by atoms with Gasteiger partial charge in [0.2, 0.25) is 0 Å². The molecule has 1 aliphatic rings. The predicted octanol–water partition coefficient (Wildman–Crippen LogP) is 3.59. The van der Waals surface area contributed by atoms with Crippen molar-refractivity contribution in [2.45, 2.75) is 65.8 Å². The molecule has 1 nitrogen and oxygen atoms in total. The van der Waals surface area contributed by atoms with E-state index in [1.54, 1.807) is 0 Å². The smallest absolute Gasteiger partial charge is 0.0246 e. The van der Waals surface area contributed by atoms with Crippen molar-refractivity contribution in [3.8, 4) is 11.8 Å². The quantitative estimate of drug-likeness (QED) is 0.715. The Morgan fingerprint density at radius 2 is 2.12 bits per heavy atom. The maximum atomic E-state index is 3.64. The van der Waals surface area contributed by atoms with Gasteiger partial charge >= 0.3 is 0 Å². The van der Waals surface area contributed by atoms with E-state index in [4.69, 9.17) is 0 Å². The second-order valence-corrected chi connectivity index (χ2v) is 5.64. The highest BCUT2D eigenvalue weighted by molar-refractivity contribution is 5.02. The van der Waals surface area contributed by atoms with Crippen molar-refractivity contribution in [2.24, 2.45) is 11.3 Å². The molecule has 0 radical (unpaired) electrons. The minimum atomic E-state index is 0.487. The molecule has 1 saturated carbocycles. The molecular formula is C15H27N. The van der Waals surface area contributed by atoms with E-state index in [2.05, 4.69) is 37.9 Å². The van der Waals surface area contributed by atoms with E-state index in [0.717, 1.165) is 18.9 Å². The third kappa shape index (κ3) is 3.52. The summed E-state index contributed by atoms with van der Waals surface area (Å²) < 4.78 is 0. The van der Waals surface area contributed by atoms with Crippen LogP contribution in [0.1, 0.15) is 59.8 Å². The fraction of sp³-hybridized carbons (Fsp3) is 0.867. The van der Waals surface area contributed by atoms with Gasteiger partial charge in [-0.25, -0.2) is 0 Å². The van der Waals surface area contributed by atoms with E-state index < -0.39 is 0 Å². The fourth-order valence-corrected chi connectivity index (χ4v) is 3.10. The summed E-state index contributed by atoms with van der Waals surface area (Å²) in [6.45, 7) is 10.1. The van der Waals surface area contributed by atoms with Gasteiger partial charge in [-0.1, -0.05) is 33.6 Å². The summed E-state index contributed by atoms with van der Waals surface area (Å²) >= 11 is 0. The lowest BCUT2D eigenvalue weighted by Crippen LogP contribution is -2.44. The molecule has 16 heavy (non-hydrogen) atoms. The molecule has 0 aromatic rings. The number of hydrogen-bond donors (Lipinski definition) is 1. The molecule has 0 saturated heterocycles. The van der Waals surface area contributed by atoms with E-state index in [9.17, 15) is 0 Å². The molecule has 1 rings (SSSR count). The number of rotatable bonds is 4. The van der Waals surface area contributed by atoms with Crippen LogP contribution in [0.15, 0.2) is 0 Å². The molecule has 2 unspecified atom stereocenters. The molecule has 1 heteroatoms. The van der Waals surface area contributed by atoms with Crippen LogP contribution in [-0.2, 0) is 0 Å². The molecule has 0 heterocycles. The zero-order valence-electron chi connectivity index (χ0n) is 11.4. The normalized spacial score (nSPS) is 25.6. The minimum absolute atomic E-state index is 0.487. The van der Waals surface area contributed by atoms with Gasteiger partial charge < -0.3 is 5.32 Å². The molecule has 92 valence electrons. The molecule has 0 amide bonds. The minimum Gasteiger partial charge on any atom is -0.313 e. The van der Waals surface area contributed by atoms with Crippen molar-refractivity contribution >= 4 is 0 Å². The number of hydrogen-bond acceptors (Lipinski definition) is 1. The highest BCUT2D eigenvalue weighted by Crippen LogP contribution is 2.42. The van der Waals surface area contributed by atoms with E-state index in [-0.39, 0.29) is 0 Å². The van der Waals surface area contributed by atoms with Crippen LogP contribution in [-0.4, -0.2) is 12.6 Å². The predicted molar refractivity (Wildman–Crippen MR) is 71.3 cm³/mol. The van der Waals surface area contributed by atoms with Crippen molar-refractivity contribution in [2.75, 3.05) is 6.54 Å². The molecule has 1 N–H and O–H groups in total. The van der Waals surface area contributed by atoms with Crippen molar-refractivity contribution in [3.63, 3.8) is 0 Å². The molecule has 0 aromatic heterocycles. The van der Waals surface area contributed by atoms with Crippen molar-refractivity contribution in [1.29, 1.82) is 0 Å². The maximum absolute atomic E-state index is 3.64. The van der Waals surface area contributed by atoms with E-state index in [1.165, 1.54) is 25.7 Å². The average molecular weight is 221 g/mol. The average Bonchev–Trinajstić information content (AvgIpc) is 2.24. The first-order valence-corrected chi connectivity index (χ1v) is 6.74. The first kappa shape index (κ1) is 13.6. The summed E-state index contributed by atoms with van der Waals surface area (Å²) in [7, 11) is 0. The van der Waals surface area contributed by atoms with E-state index >= 15 is 0 Å². The molecule has 0 spiro atoms. The summed E-state index contributed by atoms with van der Waals surface area (Å²) in [5, 5.41) is 3.64. The number of nitrogens with one attached hydrogen (secondary N) is 1. The van der Waals surface area contributed by atoms with Gasteiger partial charge in [0.25, 0.3) is 0 Å². The second kappa shape index (κ2) is 6.30. The van der Waals surface area contributed by atoms with Crippen molar-refractivity contribution in [1.82, 2.24) is 5.32 Å². The lowest BCUT2D eigenvalue weighted by Gasteiger charge is -2.43. The van der Waals surface area contributed by atoms with Gasteiger partial charge in [-0.2, -0.15) is 0 Å². The van der Waals surface area contributed by atoms with Crippen LogP contribution in [0.2, 0.25) is 0 Å². The third-order valence-corrected chi connectivity index (χ3v) is 4.04. The molecule has 1 fully saturated rings. The van der Waals surface area contributed by atoms with Gasteiger partial charge in [0.05, 0.1) is 0 Å². The van der Waals surface area contributed by atoms with Crippen LogP contribution >= 0.6 is 0 Å².